The Balaban J connectivity index is 2.45. The molecule has 0 unspecified atom stereocenters. The van der Waals surface area contributed by atoms with E-state index in [-0.39, 0.29) is 5.69 Å². The first-order valence-corrected chi connectivity index (χ1v) is 4.83. The summed E-state index contributed by atoms with van der Waals surface area (Å²) in [4.78, 5) is 7.41. The van der Waals surface area contributed by atoms with Crippen LogP contribution in [0.25, 0.3) is 11.3 Å². The summed E-state index contributed by atoms with van der Waals surface area (Å²) >= 11 is 0. The highest BCUT2D eigenvalue weighted by Gasteiger charge is 2.11. The molecule has 4 N–H and O–H groups in total. The van der Waals surface area contributed by atoms with Crippen molar-refractivity contribution in [2.24, 2.45) is 0 Å². The van der Waals surface area contributed by atoms with E-state index in [0.717, 1.165) is 6.33 Å². The molecule has 17 heavy (non-hydrogen) atoms. The third-order valence-electron chi connectivity index (χ3n) is 2.29. The molecule has 4 nitrogen and oxygen atoms in total. The van der Waals surface area contributed by atoms with E-state index in [1.165, 1.54) is 6.07 Å². The first-order valence-electron chi connectivity index (χ1n) is 4.83. The van der Waals surface area contributed by atoms with Crippen LogP contribution in [0, 0.1) is 0 Å². The first-order chi connectivity index (χ1) is 8.08. The fourth-order valence-electron chi connectivity index (χ4n) is 1.38. The Morgan fingerprint density at radius 1 is 1.00 bits per heavy atom. The van der Waals surface area contributed by atoms with Gasteiger partial charge in [0.25, 0.3) is 6.43 Å². The highest BCUT2D eigenvalue weighted by Crippen LogP contribution is 2.25. The molecule has 2 aromatic rings. The highest BCUT2D eigenvalue weighted by atomic mass is 19.3. The predicted octanol–water partition coefficient (Wildman–Crippen LogP) is 2.25. The summed E-state index contributed by atoms with van der Waals surface area (Å²) in [6, 6.07) is 6.10. The molecule has 0 atom stereocenters. The second-order valence-corrected chi connectivity index (χ2v) is 3.47. The minimum atomic E-state index is -2.62. The summed E-state index contributed by atoms with van der Waals surface area (Å²) in [5.41, 5.74) is 12.7. The minimum Gasteiger partial charge on any atom is -0.397 e. The van der Waals surface area contributed by atoms with Crippen molar-refractivity contribution in [3.63, 3.8) is 0 Å². The summed E-state index contributed by atoms with van der Waals surface area (Å²) in [5.74, 6) is 0. The van der Waals surface area contributed by atoms with Gasteiger partial charge in [0.15, 0.2) is 0 Å². The van der Waals surface area contributed by atoms with E-state index in [1.54, 1.807) is 18.2 Å². The van der Waals surface area contributed by atoms with E-state index >= 15 is 0 Å². The van der Waals surface area contributed by atoms with Gasteiger partial charge in [0, 0.05) is 5.56 Å². The molecule has 0 bridgehead atoms. The number of nitrogen functional groups attached to an aromatic ring is 2. The zero-order valence-corrected chi connectivity index (χ0v) is 8.77. The van der Waals surface area contributed by atoms with Gasteiger partial charge in [-0.05, 0) is 18.2 Å². The van der Waals surface area contributed by atoms with Crippen molar-refractivity contribution in [3.8, 4) is 11.3 Å². The van der Waals surface area contributed by atoms with Crippen molar-refractivity contribution in [1.29, 1.82) is 0 Å². The molecule has 0 spiro atoms. The second kappa shape index (κ2) is 4.32. The lowest BCUT2D eigenvalue weighted by atomic mass is 10.1. The molecule has 0 saturated heterocycles. The summed E-state index contributed by atoms with van der Waals surface area (Å²) in [6.07, 6.45) is -1.52. The number of hydrogen-bond donors (Lipinski definition) is 2. The van der Waals surface area contributed by atoms with E-state index in [2.05, 4.69) is 9.97 Å². The Morgan fingerprint density at radius 2 is 1.76 bits per heavy atom. The van der Waals surface area contributed by atoms with Crippen LogP contribution in [0.3, 0.4) is 0 Å². The largest absolute Gasteiger partial charge is 0.397 e. The van der Waals surface area contributed by atoms with Crippen LogP contribution in [-0.2, 0) is 0 Å². The van der Waals surface area contributed by atoms with Gasteiger partial charge in [0.05, 0.1) is 17.1 Å². The van der Waals surface area contributed by atoms with Gasteiger partial charge in [-0.1, -0.05) is 6.07 Å². The van der Waals surface area contributed by atoms with Gasteiger partial charge < -0.3 is 11.5 Å². The first kappa shape index (κ1) is 11.3. The number of anilines is 2. The van der Waals surface area contributed by atoms with Gasteiger partial charge in [-0.25, -0.2) is 18.7 Å². The SMILES string of the molecule is Nc1ccc(-c2cc(C(F)F)ncn2)cc1N. The van der Waals surface area contributed by atoms with Crippen molar-refractivity contribution in [2.45, 2.75) is 6.43 Å². The van der Waals surface area contributed by atoms with Crippen LogP contribution in [0.1, 0.15) is 12.1 Å². The Labute approximate surface area is 96.3 Å². The van der Waals surface area contributed by atoms with Gasteiger partial charge in [0.2, 0.25) is 0 Å². The zero-order valence-electron chi connectivity index (χ0n) is 8.77. The molecule has 0 fully saturated rings. The van der Waals surface area contributed by atoms with Gasteiger partial charge in [-0.15, -0.1) is 0 Å². The van der Waals surface area contributed by atoms with Crippen LogP contribution in [0.2, 0.25) is 0 Å². The lowest BCUT2D eigenvalue weighted by molar-refractivity contribution is 0.146. The van der Waals surface area contributed by atoms with E-state index in [4.69, 9.17) is 11.5 Å². The smallest absolute Gasteiger partial charge is 0.280 e. The second-order valence-electron chi connectivity index (χ2n) is 3.47. The summed E-state index contributed by atoms with van der Waals surface area (Å²) in [6.45, 7) is 0. The van der Waals surface area contributed by atoms with Crippen LogP contribution in [-0.4, -0.2) is 9.97 Å². The van der Waals surface area contributed by atoms with E-state index < -0.39 is 6.43 Å². The van der Waals surface area contributed by atoms with Crippen molar-refractivity contribution in [3.05, 3.63) is 36.3 Å². The Hall–Kier alpha value is -2.24. The fourth-order valence-corrected chi connectivity index (χ4v) is 1.38. The number of nitrogens with zero attached hydrogens (tertiary/aromatic N) is 2. The molecule has 88 valence electrons. The molecular formula is C11H10F2N4. The van der Waals surface area contributed by atoms with E-state index in [1.807, 2.05) is 0 Å². The number of alkyl halides is 2. The standard InChI is InChI=1S/C11H10F2N4/c12-11(13)10-4-9(16-5-17-10)6-1-2-7(14)8(15)3-6/h1-5,11H,14-15H2. The molecule has 0 aliphatic rings. The van der Waals surface area contributed by atoms with Gasteiger partial charge >= 0.3 is 0 Å². The molecule has 0 amide bonds. The lowest BCUT2D eigenvalue weighted by Crippen LogP contribution is -1.96. The Bertz CT molecular complexity index is 543. The van der Waals surface area contributed by atoms with Crippen LogP contribution in [0.4, 0.5) is 20.2 Å². The molecule has 0 radical (unpaired) electrons. The molecule has 0 saturated carbocycles. The van der Waals surface area contributed by atoms with E-state index in [0.29, 0.717) is 22.6 Å². The van der Waals surface area contributed by atoms with Crippen LogP contribution < -0.4 is 11.5 Å². The fraction of sp³-hybridized carbons (Fsp3) is 0.0909. The van der Waals surface area contributed by atoms with Crippen LogP contribution in [0.5, 0.6) is 0 Å². The molecular weight excluding hydrogens is 226 g/mol. The molecule has 2 rings (SSSR count). The van der Waals surface area contributed by atoms with Crippen LogP contribution in [0.15, 0.2) is 30.6 Å². The highest BCUT2D eigenvalue weighted by molar-refractivity contribution is 5.72. The maximum atomic E-state index is 12.5. The zero-order chi connectivity index (χ0) is 12.4. The average Bonchev–Trinajstić information content (AvgIpc) is 2.33. The lowest BCUT2D eigenvalue weighted by Gasteiger charge is -2.05. The number of nitrogens with two attached hydrogens (primary N) is 2. The molecule has 6 heteroatoms. The van der Waals surface area contributed by atoms with E-state index in [9.17, 15) is 8.78 Å². The number of benzene rings is 1. The number of rotatable bonds is 2. The van der Waals surface area contributed by atoms with Crippen LogP contribution >= 0.6 is 0 Å². The average molecular weight is 236 g/mol. The van der Waals surface area contributed by atoms with Gasteiger partial charge in [-0.3, -0.25) is 0 Å². The third kappa shape index (κ3) is 2.30. The summed E-state index contributed by atoms with van der Waals surface area (Å²) in [7, 11) is 0. The maximum absolute atomic E-state index is 12.5. The molecule has 0 aliphatic carbocycles. The Kier molecular flexibility index (Phi) is 2.86. The number of hydrogen-bond acceptors (Lipinski definition) is 4. The van der Waals surface area contributed by atoms with Crippen molar-refractivity contribution in [1.82, 2.24) is 9.97 Å². The van der Waals surface area contributed by atoms with Crippen molar-refractivity contribution < 1.29 is 8.78 Å². The number of aromatic nitrogens is 2. The summed E-state index contributed by atoms with van der Waals surface area (Å²) in [5, 5.41) is 0. The monoisotopic (exact) mass is 236 g/mol. The minimum absolute atomic E-state index is 0.314. The van der Waals surface area contributed by atoms with Gasteiger partial charge in [0.1, 0.15) is 12.0 Å². The van der Waals surface area contributed by atoms with Crippen molar-refractivity contribution in [2.75, 3.05) is 11.5 Å². The summed E-state index contributed by atoms with van der Waals surface area (Å²) < 4.78 is 24.9. The number of halogens is 2. The van der Waals surface area contributed by atoms with Gasteiger partial charge in [-0.2, -0.15) is 0 Å². The molecule has 1 heterocycles. The topological polar surface area (TPSA) is 77.8 Å². The third-order valence-corrected chi connectivity index (χ3v) is 2.29. The molecule has 1 aromatic carbocycles. The quantitative estimate of drug-likeness (QED) is 0.784. The molecule has 0 aliphatic heterocycles. The molecule has 1 aromatic heterocycles. The Morgan fingerprint density at radius 3 is 2.41 bits per heavy atom. The maximum Gasteiger partial charge on any atom is 0.280 e. The predicted molar refractivity (Wildman–Crippen MR) is 61.2 cm³/mol. The van der Waals surface area contributed by atoms with Crippen molar-refractivity contribution >= 4 is 11.4 Å². The normalized spacial score (nSPS) is 10.8.